The minimum atomic E-state index is -0.957. The lowest BCUT2D eigenvalue weighted by atomic mass is 10.1. The fourth-order valence-electron chi connectivity index (χ4n) is 1.47. The number of hydrogen-bond acceptors (Lipinski definition) is 6. The van der Waals surface area contributed by atoms with E-state index in [1.54, 1.807) is 6.92 Å². The Balaban J connectivity index is 3.05. The number of nitro groups is 1. The summed E-state index contributed by atoms with van der Waals surface area (Å²) in [6.45, 7) is 1.15. The van der Waals surface area contributed by atoms with Crippen LogP contribution in [0.5, 0.6) is 0 Å². The van der Waals surface area contributed by atoms with Gasteiger partial charge in [-0.15, -0.1) is 0 Å². The van der Waals surface area contributed by atoms with Crippen LogP contribution < -0.4 is 5.32 Å². The number of carbonyl (C=O) groups excluding carboxylic acids is 1. The van der Waals surface area contributed by atoms with E-state index >= 15 is 0 Å². The molecule has 2 N–H and O–H groups in total. The predicted molar refractivity (Wildman–Crippen MR) is 69.4 cm³/mol. The van der Waals surface area contributed by atoms with Crippen LogP contribution in [0.3, 0.4) is 0 Å². The van der Waals surface area contributed by atoms with E-state index in [0.29, 0.717) is 11.3 Å². The Hall–Kier alpha value is -1.86. The Morgan fingerprint density at radius 3 is 2.74 bits per heavy atom. The fourth-order valence-corrected chi connectivity index (χ4v) is 1.70. The van der Waals surface area contributed by atoms with Crippen molar-refractivity contribution in [1.82, 2.24) is 0 Å². The van der Waals surface area contributed by atoms with Gasteiger partial charge in [-0.2, -0.15) is 0 Å². The molecule has 0 saturated heterocycles. The van der Waals surface area contributed by atoms with Crippen molar-refractivity contribution in [2.45, 2.75) is 13.0 Å². The summed E-state index contributed by atoms with van der Waals surface area (Å²) < 4.78 is 4.50. The molecule has 7 nitrogen and oxygen atoms in total. The molecule has 1 unspecified atom stereocenters. The third-order valence-corrected chi connectivity index (χ3v) is 2.79. The van der Waals surface area contributed by atoms with E-state index in [9.17, 15) is 14.9 Å². The number of carbonyl (C=O) groups is 1. The second-order valence-corrected chi connectivity index (χ2v) is 4.19. The molecule has 0 spiro atoms. The number of rotatable bonds is 5. The number of aliphatic hydroxyl groups excluding tert-OH is 1. The topological polar surface area (TPSA) is 102 Å². The summed E-state index contributed by atoms with van der Waals surface area (Å²) in [7, 11) is 1.20. The minimum absolute atomic E-state index is 0.0559. The zero-order valence-electron chi connectivity index (χ0n) is 10.3. The molecule has 0 aromatic heterocycles. The van der Waals surface area contributed by atoms with Crippen LogP contribution in [0.4, 0.5) is 11.4 Å². The molecule has 1 rings (SSSR count). The van der Waals surface area contributed by atoms with Crippen molar-refractivity contribution in [2.24, 2.45) is 0 Å². The Bertz CT molecular complexity index is 506. The number of nitrogens with one attached hydrogen (secondary N) is 1. The number of aryl methyl sites for hydroxylation is 1. The van der Waals surface area contributed by atoms with Crippen LogP contribution in [0.2, 0.25) is 5.02 Å². The number of nitro benzene ring substituents is 1. The summed E-state index contributed by atoms with van der Waals surface area (Å²) in [6.07, 6.45) is 0. The molecule has 0 heterocycles. The third kappa shape index (κ3) is 3.55. The van der Waals surface area contributed by atoms with E-state index < -0.39 is 23.5 Å². The average Bonchev–Trinajstić information content (AvgIpc) is 2.37. The molecule has 104 valence electrons. The van der Waals surface area contributed by atoms with Crippen LogP contribution in [0.1, 0.15) is 5.56 Å². The zero-order chi connectivity index (χ0) is 14.6. The number of aliphatic hydroxyl groups is 1. The molecule has 0 aliphatic rings. The van der Waals surface area contributed by atoms with E-state index in [2.05, 4.69) is 10.1 Å². The number of esters is 1. The third-order valence-electron chi connectivity index (χ3n) is 2.49. The van der Waals surface area contributed by atoms with Gasteiger partial charge in [-0.05, 0) is 18.6 Å². The quantitative estimate of drug-likeness (QED) is 0.484. The van der Waals surface area contributed by atoms with Gasteiger partial charge in [0.1, 0.15) is 11.1 Å². The van der Waals surface area contributed by atoms with Gasteiger partial charge in [-0.25, -0.2) is 4.79 Å². The van der Waals surface area contributed by atoms with Crippen molar-refractivity contribution in [3.8, 4) is 0 Å². The normalized spacial score (nSPS) is 11.8. The molecule has 8 heteroatoms. The smallest absolute Gasteiger partial charge is 0.330 e. The van der Waals surface area contributed by atoms with E-state index in [1.165, 1.54) is 19.2 Å². The molecular weight excluding hydrogens is 276 g/mol. The number of halogens is 1. The first kappa shape index (κ1) is 15.2. The highest BCUT2D eigenvalue weighted by molar-refractivity contribution is 6.33. The number of anilines is 1. The van der Waals surface area contributed by atoms with Crippen molar-refractivity contribution < 1.29 is 19.6 Å². The average molecular weight is 289 g/mol. The largest absolute Gasteiger partial charge is 0.467 e. The second kappa shape index (κ2) is 6.35. The molecule has 0 saturated carbocycles. The van der Waals surface area contributed by atoms with Crippen molar-refractivity contribution >= 4 is 28.9 Å². The van der Waals surface area contributed by atoms with Gasteiger partial charge in [0.05, 0.1) is 18.6 Å². The molecule has 1 aromatic carbocycles. The van der Waals surface area contributed by atoms with Crippen molar-refractivity contribution in [3.63, 3.8) is 0 Å². The molecule has 0 fully saturated rings. The van der Waals surface area contributed by atoms with Crippen molar-refractivity contribution in [1.29, 1.82) is 0 Å². The molecule has 19 heavy (non-hydrogen) atoms. The minimum Gasteiger partial charge on any atom is -0.467 e. The molecule has 1 aromatic rings. The fraction of sp³-hybridized carbons (Fsp3) is 0.364. The summed E-state index contributed by atoms with van der Waals surface area (Å²) in [5.74, 6) is -0.642. The molecule has 0 radical (unpaired) electrons. The van der Waals surface area contributed by atoms with E-state index in [4.69, 9.17) is 16.7 Å². The first-order chi connectivity index (χ1) is 8.90. The van der Waals surface area contributed by atoms with Gasteiger partial charge < -0.3 is 15.2 Å². The lowest BCUT2D eigenvalue weighted by Gasteiger charge is -2.17. The first-order valence-electron chi connectivity index (χ1n) is 5.30. The van der Waals surface area contributed by atoms with Crippen molar-refractivity contribution in [3.05, 3.63) is 32.8 Å². The SMILES string of the molecule is COC(=O)C(CO)Nc1cc(Cl)c([N+](=O)[O-])cc1C. The summed E-state index contributed by atoms with van der Waals surface area (Å²) in [6, 6.07) is 1.66. The van der Waals surface area contributed by atoms with Crippen LogP contribution in [0, 0.1) is 17.0 Å². The van der Waals surface area contributed by atoms with Crippen LogP contribution in [0.15, 0.2) is 12.1 Å². The standard InChI is InChI=1S/C11H13ClN2O5/c1-6-3-10(14(17)18)7(12)4-8(6)13-9(5-15)11(16)19-2/h3-4,9,13,15H,5H2,1-2H3. The Kier molecular flexibility index (Phi) is 5.08. The van der Waals surface area contributed by atoms with Crippen LogP contribution in [0.25, 0.3) is 0 Å². The maximum Gasteiger partial charge on any atom is 0.330 e. The molecule has 1 atom stereocenters. The molecule has 0 aliphatic carbocycles. The van der Waals surface area contributed by atoms with Crippen LogP contribution in [-0.2, 0) is 9.53 Å². The van der Waals surface area contributed by atoms with Gasteiger partial charge >= 0.3 is 5.97 Å². The predicted octanol–water partition coefficient (Wildman–Crippen LogP) is 1.50. The number of benzene rings is 1. The van der Waals surface area contributed by atoms with E-state index in [1.807, 2.05) is 0 Å². The second-order valence-electron chi connectivity index (χ2n) is 3.78. The van der Waals surface area contributed by atoms with Gasteiger partial charge in [0.25, 0.3) is 5.69 Å². The highest BCUT2D eigenvalue weighted by atomic mass is 35.5. The van der Waals surface area contributed by atoms with Crippen LogP contribution >= 0.6 is 11.6 Å². The summed E-state index contributed by atoms with van der Waals surface area (Å²) >= 11 is 5.78. The molecule has 0 bridgehead atoms. The summed E-state index contributed by atoms with van der Waals surface area (Å²) in [5, 5.41) is 22.5. The van der Waals surface area contributed by atoms with Gasteiger partial charge in [-0.3, -0.25) is 10.1 Å². The maximum atomic E-state index is 11.3. The highest BCUT2D eigenvalue weighted by Gasteiger charge is 2.21. The number of hydrogen-bond donors (Lipinski definition) is 2. The Labute approximate surface area is 114 Å². The molecular formula is C11H13ClN2O5. The number of ether oxygens (including phenoxy) is 1. The van der Waals surface area contributed by atoms with Gasteiger partial charge in [-0.1, -0.05) is 11.6 Å². The van der Waals surface area contributed by atoms with Gasteiger partial charge in [0.2, 0.25) is 0 Å². The van der Waals surface area contributed by atoms with Crippen molar-refractivity contribution in [2.75, 3.05) is 19.0 Å². The van der Waals surface area contributed by atoms with Crippen LogP contribution in [-0.4, -0.2) is 35.8 Å². The Morgan fingerprint density at radius 1 is 1.63 bits per heavy atom. The maximum absolute atomic E-state index is 11.3. The summed E-state index contributed by atoms with van der Waals surface area (Å²) in [4.78, 5) is 21.4. The molecule has 0 amide bonds. The van der Waals surface area contributed by atoms with Gasteiger partial charge in [0, 0.05) is 11.8 Å². The Morgan fingerprint density at radius 2 is 2.26 bits per heavy atom. The lowest BCUT2D eigenvalue weighted by molar-refractivity contribution is -0.384. The summed E-state index contributed by atoms with van der Waals surface area (Å²) in [5.41, 5.74) is 0.724. The monoisotopic (exact) mass is 288 g/mol. The molecule has 0 aliphatic heterocycles. The first-order valence-corrected chi connectivity index (χ1v) is 5.68. The lowest BCUT2D eigenvalue weighted by Crippen LogP contribution is -2.34. The van der Waals surface area contributed by atoms with Gasteiger partial charge in [0.15, 0.2) is 0 Å². The van der Waals surface area contributed by atoms with E-state index in [-0.39, 0.29) is 10.7 Å². The van der Waals surface area contributed by atoms with E-state index in [0.717, 1.165) is 0 Å². The number of methoxy groups -OCH3 is 1. The number of nitrogens with zero attached hydrogens (tertiary/aromatic N) is 1. The zero-order valence-corrected chi connectivity index (χ0v) is 11.1. The highest BCUT2D eigenvalue weighted by Crippen LogP contribution is 2.30.